The number of nitrogens with zero attached hydrogens (tertiary/aromatic N) is 2. The number of carbonyl (C=O) groups excluding carboxylic acids is 2. The van der Waals surface area contributed by atoms with Crippen LogP contribution in [0.2, 0.25) is 0 Å². The van der Waals surface area contributed by atoms with Crippen LogP contribution in [-0.2, 0) is 6.54 Å². The third-order valence-electron chi connectivity index (χ3n) is 5.08. The Hall–Kier alpha value is -3.09. The van der Waals surface area contributed by atoms with E-state index in [9.17, 15) is 14.0 Å². The standard InChI is InChI=1S/C20H20FN3O3/c1-23-16-11-24(20(26)22-10-13-5-3-2-4-6-13)12-18(16)27-17-9-14(21)7-8-15(17)19(23)25/h2-9,16,18H,10-12H2,1H3,(H,22,26). The van der Waals surface area contributed by atoms with Crippen LogP contribution in [0.15, 0.2) is 48.5 Å². The first-order valence-corrected chi connectivity index (χ1v) is 8.83. The van der Waals surface area contributed by atoms with Gasteiger partial charge in [-0.3, -0.25) is 4.79 Å². The summed E-state index contributed by atoms with van der Waals surface area (Å²) in [6.07, 6.45) is -0.399. The first-order valence-electron chi connectivity index (χ1n) is 8.83. The summed E-state index contributed by atoms with van der Waals surface area (Å²) < 4.78 is 19.5. The van der Waals surface area contributed by atoms with Crippen LogP contribution in [0.5, 0.6) is 5.75 Å². The molecule has 27 heavy (non-hydrogen) atoms. The Kier molecular flexibility index (Phi) is 4.43. The summed E-state index contributed by atoms with van der Waals surface area (Å²) in [5, 5.41) is 2.89. The predicted molar refractivity (Wildman–Crippen MR) is 96.9 cm³/mol. The van der Waals surface area contributed by atoms with Gasteiger partial charge in [0.1, 0.15) is 17.7 Å². The number of benzene rings is 2. The monoisotopic (exact) mass is 369 g/mol. The van der Waals surface area contributed by atoms with Gasteiger partial charge in [-0.2, -0.15) is 0 Å². The fourth-order valence-corrected chi connectivity index (χ4v) is 3.57. The third kappa shape index (κ3) is 3.32. The van der Waals surface area contributed by atoms with Gasteiger partial charge in [0.25, 0.3) is 5.91 Å². The highest BCUT2D eigenvalue weighted by Crippen LogP contribution is 2.31. The van der Waals surface area contributed by atoms with E-state index in [-0.39, 0.29) is 23.7 Å². The lowest BCUT2D eigenvalue weighted by Gasteiger charge is -2.25. The van der Waals surface area contributed by atoms with Gasteiger partial charge in [0.05, 0.1) is 18.2 Å². The van der Waals surface area contributed by atoms with Crippen molar-refractivity contribution in [3.63, 3.8) is 0 Å². The third-order valence-corrected chi connectivity index (χ3v) is 5.08. The zero-order valence-corrected chi connectivity index (χ0v) is 14.9. The van der Waals surface area contributed by atoms with E-state index in [1.807, 2.05) is 30.3 Å². The van der Waals surface area contributed by atoms with Gasteiger partial charge in [-0.1, -0.05) is 30.3 Å². The van der Waals surface area contributed by atoms with Crippen LogP contribution in [0.25, 0.3) is 0 Å². The fourth-order valence-electron chi connectivity index (χ4n) is 3.57. The van der Waals surface area contributed by atoms with Crippen LogP contribution in [0.3, 0.4) is 0 Å². The molecule has 0 bridgehead atoms. The lowest BCUT2D eigenvalue weighted by molar-refractivity contribution is 0.0682. The van der Waals surface area contributed by atoms with Crippen molar-refractivity contribution in [3.05, 3.63) is 65.5 Å². The van der Waals surface area contributed by atoms with E-state index in [1.165, 1.54) is 18.2 Å². The topological polar surface area (TPSA) is 61.9 Å². The maximum atomic E-state index is 13.6. The molecule has 0 radical (unpaired) electrons. The number of fused-ring (bicyclic) bond motifs is 2. The van der Waals surface area contributed by atoms with E-state index < -0.39 is 11.9 Å². The second-order valence-corrected chi connectivity index (χ2v) is 6.83. The first-order chi connectivity index (χ1) is 13.0. The van der Waals surface area contributed by atoms with Crippen molar-refractivity contribution in [2.24, 2.45) is 0 Å². The molecule has 4 rings (SSSR count). The molecular formula is C20H20FN3O3. The summed E-state index contributed by atoms with van der Waals surface area (Å²) in [7, 11) is 1.69. The number of hydrogen-bond donors (Lipinski definition) is 1. The van der Waals surface area contributed by atoms with Gasteiger partial charge in [0.15, 0.2) is 0 Å². The fraction of sp³-hybridized carbons (Fsp3) is 0.300. The Morgan fingerprint density at radius 2 is 2.00 bits per heavy atom. The average Bonchev–Trinajstić information content (AvgIpc) is 3.06. The molecule has 3 amide bonds. The number of carbonyl (C=O) groups is 2. The molecule has 0 spiro atoms. The highest BCUT2D eigenvalue weighted by Gasteiger charge is 2.43. The Bertz CT molecular complexity index is 874. The van der Waals surface area contributed by atoms with Crippen molar-refractivity contribution in [2.45, 2.75) is 18.7 Å². The predicted octanol–water partition coefficient (Wildman–Crippen LogP) is 2.25. The molecule has 140 valence electrons. The summed E-state index contributed by atoms with van der Waals surface area (Å²) >= 11 is 0. The Morgan fingerprint density at radius 1 is 1.22 bits per heavy atom. The smallest absolute Gasteiger partial charge is 0.317 e. The van der Waals surface area contributed by atoms with Crippen molar-refractivity contribution in [2.75, 3.05) is 20.1 Å². The molecule has 0 saturated carbocycles. The summed E-state index contributed by atoms with van der Waals surface area (Å²) in [6, 6.07) is 13.1. The molecule has 2 aromatic carbocycles. The van der Waals surface area contributed by atoms with E-state index in [1.54, 1.807) is 16.8 Å². The Labute approximate surface area is 156 Å². The van der Waals surface area contributed by atoms with Gasteiger partial charge < -0.3 is 19.9 Å². The van der Waals surface area contributed by atoms with E-state index in [0.29, 0.717) is 25.2 Å². The van der Waals surface area contributed by atoms with E-state index in [4.69, 9.17) is 4.74 Å². The Morgan fingerprint density at radius 3 is 2.78 bits per heavy atom. The molecule has 2 aliphatic heterocycles. The van der Waals surface area contributed by atoms with E-state index >= 15 is 0 Å². The minimum Gasteiger partial charge on any atom is -0.485 e. The molecule has 0 aromatic heterocycles. The van der Waals surface area contributed by atoms with Gasteiger partial charge in [-0.25, -0.2) is 9.18 Å². The molecule has 2 atom stereocenters. The van der Waals surface area contributed by atoms with Gasteiger partial charge in [0, 0.05) is 26.2 Å². The maximum Gasteiger partial charge on any atom is 0.317 e. The second kappa shape index (κ2) is 6.90. The van der Waals surface area contributed by atoms with Crippen LogP contribution < -0.4 is 10.1 Å². The van der Waals surface area contributed by atoms with Crippen LogP contribution in [0, 0.1) is 5.82 Å². The van der Waals surface area contributed by atoms with E-state index in [2.05, 4.69) is 5.32 Å². The SMILES string of the molecule is CN1C(=O)c2ccc(F)cc2OC2CN(C(=O)NCc3ccccc3)CC21. The minimum absolute atomic E-state index is 0.212. The maximum absolute atomic E-state index is 13.6. The number of ether oxygens (including phenoxy) is 1. The molecule has 2 aliphatic rings. The zero-order valence-electron chi connectivity index (χ0n) is 14.9. The van der Waals surface area contributed by atoms with Crippen molar-refractivity contribution >= 4 is 11.9 Å². The average molecular weight is 369 g/mol. The van der Waals surface area contributed by atoms with E-state index in [0.717, 1.165) is 5.56 Å². The molecule has 7 heteroatoms. The summed E-state index contributed by atoms with van der Waals surface area (Å²) in [5.74, 6) is -0.465. The molecule has 2 aromatic rings. The summed E-state index contributed by atoms with van der Waals surface area (Å²) in [6.45, 7) is 1.12. The molecule has 2 heterocycles. The largest absolute Gasteiger partial charge is 0.485 e. The molecule has 1 saturated heterocycles. The van der Waals surface area contributed by atoms with Crippen LogP contribution in [0.4, 0.5) is 9.18 Å². The number of rotatable bonds is 2. The normalized spacial score (nSPS) is 21.2. The highest BCUT2D eigenvalue weighted by atomic mass is 19.1. The number of urea groups is 1. The van der Waals surface area contributed by atoms with Gasteiger partial charge in [0.2, 0.25) is 0 Å². The molecule has 2 unspecified atom stereocenters. The van der Waals surface area contributed by atoms with Gasteiger partial charge in [-0.05, 0) is 17.7 Å². The number of likely N-dealkylation sites (N-methyl/N-ethyl adjacent to an activating group) is 1. The second-order valence-electron chi connectivity index (χ2n) is 6.83. The minimum atomic E-state index is -0.460. The lowest BCUT2D eigenvalue weighted by Crippen LogP contribution is -2.44. The van der Waals surface area contributed by atoms with Crippen LogP contribution >= 0.6 is 0 Å². The number of hydrogen-bond acceptors (Lipinski definition) is 3. The zero-order chi connectivity index (χ0) is 19.0. The lowest BCUT2D eigenvalue weighted by atomic mass is 10.1. The number of nitrogens with one attached hydrogen (secondary N) is 1. The van der Waals surface area contributed by atoms with Crippen molar-refractivity contribution in [1.82, 2.24) is 15.1 Å². The molecule has 1 N–H and O–H groups in total. The molecular weight excluding hydrogens is 349 g/mol. The van der Waals surface area contributed by atoms with Crippen molar-refractivity contribution in [3.8, 4) is 5.75 Å². The number of halogens is 1. The molecule has 1 fully saturated rings. The first kappa shape index (κ1) is 17.3. The molecule has 0 aliphatic carbocycles. The number of amides is 3. The quantitative estimate of drug-likeness (QED) is 0.883. The van der Waals surface area contributed by atoms with Gasteiger partial charge >= 0.3 is 6.03 Å². The van der Waals surface area contributed by atoms with Gasteiger partial charge in [-0.15, -0.1) is 0 Å². The Balaban J connectivity index is 1.47. The van der Waals surface area contributed by atoms with Crippen LogP contribution in [0.1, 0.15) is 15.9 Å². The summed E-state index contributed by atoms with van der Waals surface area (Å²) in [4.78, 5) is 28.4. The summed E-state index contributed by atoms with van der Waals surface area (Å²) in [5.41, 5.74) is 1.35. The highest BCUT2D eigenvalue weighted by molar-refractivity contribution is 5.97. The number of likely N-dealkylation sites (tertiary alicyclic amines) is 1. The van der Waals surface area contributed by atoms with Crippen molar-refractivity contribution in [1.29, 1.82) is 0 Å². The van der Waals surface area contributed by atoms with Crippen LogP contribution in [-0.4, -0.2) is 54.0 Å². The van der Waals surface area contributed by atoms with Crippen molar-refractivity contribution < 1.29 is 18.7 Å². The molecule has 6 nitrogen and oxygen atoms in total.